The zero-order valence-electron chi connectivity index (χ0n) is 9.67. The number of carbonyl (C=O) groups is 1. The van der Waals surface area contributed by atoms with Crippen LogP contribution in [-0.4, -0.2) is 31.1 Å². The van der Waals surface area contributed by atoms with Gasteiger partial charge < -0.3 is 15.4 Å². The van der Waals surface area contributed by atoms with E-state index in [9.17, 15) is 4.79 Å². The molecule has 1 saturated carbocycles. The van der Waals surface area contributed by atoms with E-state index in [-0.39, 0.29) is 0 Å². The van der Waals surface area contributed by atoms with Crippen LogP contribution in [0.3, 0.4) is 0 Å². The minimum atomic E-state index is -0.808. The zero-order valence-corrected chi connectivity index (χ0v) is 10.5. The predicted octanol–water partition coefficient (Wildman–Crippen LogP) is 1.03. The van der Waals surface area contributed by atoms with Gasteiger partial charge in [-0.25, -0.2) is 0 Å². The van der Waals surface area contributed by atoms with Gasteiger partial charge in [0.1, 0.15) is 11.1 Å². The molecule has 1 aromatic rings. The molecule has 0 spiro atoms. The van der Waals surface area contributed by atoms with Crippen molar-refractivity contribution in [1.29, 1.82) is 0 Å². The van der Waals surface area contributed by atoms with Crippen molar-refractivity contribution >= 4 is 17.7 Å². The van der Waals surface area contributed by atoms with E-state index in [1.54, 1.807) is 0 Å². The fourth-order valence-electron chi connectivity index (χ4n) is 1.66. The molecule has 2 rings (SSSR count). The second kappa shape index (κ2) is 5.05. The van der Waals surface area contributed by atoms with Crippen molar-refractivity contribution in [3.05, 3.63) is 5.82 Å². The fraction of sp³-hybridized carbons (Fsp3) is 0.700. The van der Waals surface area contributed by atoms with Gasteiger partial charge in [0, 0.05) is 6.04 Å². The van der Waals surface area contributed by atoms with Gasteiger partial charge in [-0.05, 0) is 19.3 Å². The Kier molecular flexibility index (Phi) is 3.68. The number of aliphatic carboxylic acids is 1. The molecule has 7 heteroatoms. The molecule has 0 aromatic carbocycles. The summed E-state index contributed by atoms with van der Waals surface area (Å²) in [5, 5.41) is 17.3. The smallest absolute Gasteiger partial charge is 0.317 e. The number of nitrogens with two attached hydrogens (primary N) is 1. The molecule has 0 saturated heterocycles. The average molecular weight is 256 g/mol. The van der Waals surface area contributed by atoms with Gasteiger partial charge in [-0.2, -0.15) is 0 Å². The minimum absolute atomic E-state index is 0.341. The van der Waals surface area contributed by atoms with Crippen LogP contribution in [0.4, 0.5) is 0 Å². The maximum absolute atomic E-state index is 11.0. The number of hydrogen-bond donors (Lipinski definition) is 2. The lowest BCUT2D eigenvalue weighted by atomic mass is 10.3. The molecule has 1 unspecified atom stereocenters. The third kappa shape index (κ3) is 2.61. The molecule has 1 fully saturated rings. The average Bonchev–Trinajstić information content (AvgIpc) is 3.06. The highest BCUT2D eigenvalue weighted by Gasteiger charge is 2.31. The van der Waals surface area contributed by atoms with Gasteiger partial charge in [0.2, 0.25) is 0 Å². The number of carboxylic acid groups (broad SMARTS) is 1. The Labute approximate surface area is 104 Å². The van der Waals surface area contributed by atoms with Crippen molar-refractivity contribution in [2.45, 2.75) is 49.2 Å². The standard InChI is InChI=1S/C10H16N4O2S/c1-2-7(9(15)16)17-10-13-12-8(5-11)14(10)6-3-4-6/h6-7H,2-5,11H2,1H3,(H,15,16). The molecule has 1 atom stereocenters. The Balaban J connectivity index is 2.20. The van der Waals surface area contributed by atoms with Crippen LogP contribution in [0.15, 0.2) is 5.16 Å². The fourth-order valence-corrected chi connectivity index (χ4v) is 2.64. The van der Waals surface area contributed by atoms with Crippen molar-refractivity contribution in [2.75, 3.05) is 0 Å². The highest BCUT2D eigenvalue weighted by atomic mass is 32.2. The summed E-state index contributed by atoms with van der Waals surface area (Å²) in [6.45, 7) is 2.20. The van der Waals surface area contributed by atoms with E-state index in [2.05, 4.69) is 10.2 Å². The summed E-state index contributed by atoms with van der Waals surface area (Å²) in [5.41, 5.74) is 5.60. The van der Waals surface area contributed by atoms with Gasteiger partial charge in [-0.1, -0.05) is 18.7 Å². The maximum atomic E-state index is 11.0. The number of carboxylic acids is 1. The summed E-state index contributed by atoms with van der Waals surface area (Å²) < 4.78 is 2.00. The highest BCUT2D eigenvalue weighted by molar-refractivity contribution is 8.00. The summed E-state index contributed by atoms with van der Waals surface area (Å²) in [4.78, 5) is 11.0. The minimum Gasteiger partial charge on any atom is -0.480 e. The van der Waals surface area contributed by atoms with Crippen LogP contribution in [-0.2, 0) is 11.3 Å². The first-order valence-corrected chi connectivity index (χ1v) is 6.58. The summed E-state index contributed by atoms with van der Waals surface area (Å²) >= 11 is 1.26. The van der Waals surface area contributed by atoms with Crippen LogP contribution in [0.5, 0.6) is 0 Å². The third-order valence-electron chi connectivity index (χ3n) is 2.72. The van der Waals surface area contributed by atoms with Gasteiger partial charge >= 0.3 is 5.97 Å². The molecule has 1 aliphatic carbocycles. The first-order chi connectivity index (χ1) is 8.17. The molecular formula is C10H16N4O2S. The van der Waals surface area contributed by atoms with Gasteiger partial charge in [0.05, 0.1) is 6.54 Å². The molecule has 1 heterocycles. The number of aromatic nitrogens is 3. The summed E-state index contributed by atoms with van der Waals surface area (Å²) in [6, 6.07) is 0.414. The molecule has 17 heavy (non-hydrogen) atoms. The Hall–Kier alpha value is -1.08. The Morgan fingerprint density at radius 2 is 2.35 bits per heavy atom. The lowest BCUT2D eigenvalue weighted by Crippen LogP contribution is -2.16. The lowest BCUT2D eigenvalue weighted by molar-refractivity contribution is -0.136. The number of thioether (sulfide) groups is 1. The Bertz CT molecular complexity index is 416. The number of hydrogen-bond acceptors (Lipinski definition) is 5. The molecule has 6 nitrogen and oxygen atoms in total. The van der Waals surface area contributed by atoms with Crippen molar-refractivity contribution in [1.82, 2.24) is 14.8 Å². The molecule has 1 aliphatic rings. The van der Waals surface area contributed by atoms with Gasteiger partial charge in [-0.3, -0.25) is 4.79 Å². The second-order valence-corrected chi connectivity index (χ2v) is 5.23. The van der Waals surface area contributed by atoms with Crippen LogP contribution in [0.1, 0.15) is 38.1 Å². The predicted molar refractivity (Wildman–Crippen MR) is 63.8 cm³/mol. The van der Waals surface area contributed by atoms with Crippen molar-refractivity contribution in [3.63, 3.8) is 0 Å². The van der Waals surface area contributed by atoms with E-state index in [1.807, 2.05) is 11.5 Å². The Morgan fingerprint density at radius 1 is 1.65 bits per heavy atom. The molecule has 3 N–H and O–H groups in total. The van der Waals surface area contributed by atoms with E-state index < -0.39 is 11.2 Å². The lowest BCUT2D eigenvalue weighted by Gasteiger charge is -2.11. The first kappa shape index (κ1) is 12.4. The normalized spacial score (nSPS) is 17.1. The molecule has 0 bridgehead atoms. The van der Waals surface area contributed by atoms with Gasteiger partial charge in [-0.15, -0.1) is 10.2 Å². The summed E-state index contributed by atoms with van der Waals surface area (Å²) in [6.07, 6.45) is 2.76. The molecule has 1 aromatic heterocycles. The third-order valence-corrected chi connectivity index (χ3v) is 4.03. The monoisotopic (exact) mass is 256 g/mol. The summed E-state index contributed by atoms with van der Waals surface area (Å²) in [5.74, 6) is -0.0626. The Morgan fingerprint density at radius 3 is 2.82 bits per heavy atom. The summed E-state index contributed by atoms with van der Waals surface area (Å²) in [7, 11) is 0. The van der Waals surface area contributed by atoms with Gasteiger partial charge in [0.15, 0.2) is 5.16 Å². The topological polar surface area (TPSA) is 94.0 Å². The van der Waals surface area contributed by atoms with Crippen molar-refractivity contribution in [2.24, 2.45) is 5.73 Å². The van der Waals surface area contributed by atoms with E-state index >= 15 is 0 Å². The zero-order chi connectivity index (χ0) is 12.4. The molecule has 0 amide bonds. The van der Waals surface area contributed by atoms with E-state index in [4.69, 9.17) is 10.8 Å². The molecule has 0 aliphatic heterocycles. The largest absolute Gasteiger partial charge is 0.480 e. The van der Waals surface area contributed by atoms with E-state index in [1.165, 1.54) is 11.8 Å². The van der Waals surface area contributed by atoms with Crippen molar-refractivity contribution in [3.8, 4) is 0 Å². The van der Waals surface area contributed by atoms with Crippen LogP contribution in [0.2, 0.25) is 0 Å². The number of nitrogens with zero attached hydrogens (tertiary/aromatic N) is 3. The highest BCUT2D eigenvalue weighted by Crippen LogP contribution is 2.39. The van der Waals surface area contributed by atoms with Crippen LogP contribution in [0.25, 0.3) is 0 Å². The van der Waals surface area contributed by atoms with Crippen LogP contribution >= 0.6 is 11.8 Å². The first-order valence-electron chi connectivity index (χ1n) is 5.70. The maximum Gasteiger partial charge on any atom is 0.317 e. The van der Waals surface area contributed by atoms with E-state index in [0.717, 1.165) is 18.7 Å². The van der Waals surface area contributed by atoms with Crippen molar-refractivity contribution < 1.29 is 9.90 Å². The van der Waals surface area contributed by atoms with Crippen LogP contribution < -0.4 is 5.73 Å². The van der Waals surface area contributed by atoms with E-state index in [0.29, 0.717) is 24.2 Å². The second-order valence-electron chi connectivity index (χ2n) is 4.06. The molecular weight excluding hydrogens is 240 g/mol. The van der Waals surface area contributed by atoms with Crippen LogP contribution in [0, 0.1) is 0 Å². The molecule has 0 radical (unpaired) electrons. The molecule has 94 valence electrons. The van der Waals surface area contributed by atoms with Gasteiger partial charge in [0.25, 0.3) is 0 Å². The SMILES string of the molecule is CCC(Sc1nnc(CN)n1C1CC1)C(=O)O. The quantitative estimate of drug-likeness (QED) is 0.738. The number of rotatable bonds is 6.